The van der Waals surface area contributed by atoms with Crippen molar-refractivity contribution in [1.29, 1.82) is 0 Å². The Morgan fingerprint density at radius 1 is 1.39 bits per heavy atom. The van der Waals surface area contributed by atoms with Crippen molar-refractivity contribution in [3.8, 4) is 12.3 Å². The third kappa shape index (κ3) is 3.22. The molecule has 0 radical (unpaired) electrons. The standard InChI is InChI=1S/C14H12O4/c1-3-7-10(4-2)18-14(17)12-9-6-5-8-11(12)13(15)16/h2-3,5-10H,1H3,(H,15,16)/b7-3-/t10-/m1/s1. The first kappa shape index (κ1) is 13.5. The molecule has 0 amide bonds. The molecular formula is C14H12O4. The van der Waals surface area contributed by atoms with E-state index in [0.29, 0.717) is 0 Å². The summed E-state index contributed by atoms with van der Waals surface area (Å²) in [5, 5.41) is 8.95. The quantitative estimate of drug-likeness (QED) is 0.500. The minimum atomic E-state index is -1.19. The molecule has 0 spiro atoms. The highest BCUT2D eigenvalue weighted by molar-refractivity contribution is 6.02. The Balaban J connectivity index is 2.98. The van der Waals surface area contributed by atoms with Crippen LogP contribution in [0.2, 0.25) is 0 Å². The predicted octanol–water partition coefficient (Wildman–Crippen LogP) is 2.12. The lowest BCUT2D eigenvalue weighted by Gasteiger charge is -2.09. The Morgan fingerprint density at radius 2 is 2.00 bits per heavy atom. The van der Waals surface area contributed by atoms with Crippen LogP contribution in [-0.4, -0.2) is 23.1 Å². The lowest BCUT2D eigenvalue weighted by atomic mass is 10.1. The van der Waals surface area contributed by atoms with Gasteiger partial charge in [0.05, 0.1) is 11.1 Å². The first-order valence-electron chi connectivity index (χ1n) is 5.22. The molecule has 0 saturated heterocycles. The molecule has 1 rings (SSSR count). The summed E-state index contributed by atoms with van der Waals surface area (Å²) in [6, 6.07) is 5.81. The molecule has 4 nitrogen and oxygen atoms in total. The number of aromatic carboxylic acids is 1. The van der Waals surface area contributed by atoms with Crippen molar-refractivity contribution in [3.05, 3.63) is 47.5 Å². The average molecular weight is 244 g/mol. The van der Waals surface area contributed by atoms with Gasteiger partial charge in [-0.3, -0.25) is 0 Å². The number of esters is 1. The van der Waals surface area contributed by atoms with Crippen molar-refractivity contribution < 1.29 is 19.4 Å². The predicted molar refractivity (Wildman–Crippen MR) is 66.3 cm³/mol. The van der Waals surface area contributed by atoms with Crippen molar-refractivity contribution in [2.75, 3.05) is 0 Å². The summed E-state index contributed by atoms with van der Waals surface area (Å²) in [6.07, 6.45) is 7.57. The number of carboxylic acid groups (broad SMARTS) is 1. The van der Waals surface area contributed by atoms with E-state index >= 15 is 0 Å². The van der Waals surface area contributed by atoms with E-state index < -0.39 is 18.0 Å². The molecule has 92 valence electrons. The third-order valence-electron chi connectivity index (χ3n) is 2.14. The topological polar surface area (TPSA) is 63.6 Å². The molecule has 0 fully saturated rings. The van der Waals surface area contributed by atoms with Crippen LogP contribution < -0.4 is 0 Å². The van der Waals surface area contributed by atoms with E-state index in [1.54, 1.807) is 19.1 Å². The van der Waals surface area contributed by atoms with Crippen LogP contribution in [0.15, 0.2) is 36.4 Å². The average Bonchev–Trinajstić information content (AvgIpc) is 2.38. The van der Waals surface area contributed by atoms with E-state index in [0.717, 1.165) is 0 Å². The number of rotatable bonds is 4. The maximum Gasteiger partial charge on any atom is 0.340 e. The second-order valence-electron chi connectivity index (χ2n) is 3.37. The number of ether oxygens (including phenoxy) is 1. The minimum Gasteiger partial charge on any atom is -0.478 e. The largest absolute Gasteiger partial charge is 0.478 e. The Labute approximate surface area is 105 Å². The van der Waals surface area contributed by atoms with Crippen molar-refractivity contribution in [1.82, 2.24) is 0 Å². The van der Waals surface area contributed by atoms with Crippen molar-refractivity contribution in [2.45, 2.75) is 13.0 Å². The molecule has 0 saturated carbocycles. The zero-order valence-electron chi connectivity index (χ0n) is 9.79. The van der Waals surface area contributed by atoms with Gasteiger partial charge < -0.3 is 9.84 Å². The van der Waals surface area contributed by atoms with Gasteiger partial charge in [0.1, 0.15) is 0 Å². The molecule has 1 atom stereocenters. The van der Waals surface area contributed by atoms with Gasteiger partial charge in [-0.2, -0.15) is 0 Å². The molecule has 1 N–H and O–H groups in total. The van der Waals surface area contributed by atoms with E-state index in [2.05, 4.69) is 5.92 Å². The maximum absolute atomic E-state index is 11.8. The van der Waals surface area contributed by atoms with Gasteiger partial charge in [0.2, 0.25) is 0 Å². The molecular weight excluding hydrogens is 232 g/mol. The fourth-order valence-corrected chi connectivity index (χ4v) is 1.33. The van der Waals surface area contributed by atoms with E-state index in [4.69, 9.17) is 16.3 Å². The monoisotopic (exact) mass is 244 g/mol. The van der Waals surface area contributed by atoms with E-state index in [1.807, 2.05) is 0 Å². The van der Waals surface area contributed by atoms with Crippen LogP contribution in [0.1, 0.15) is 27.6 Å². The highest BCUT2D eigenvalue weighted by Crippen LogP contribution is 2.11. The molecule has 0 aliphatic heterocycles. The second-order valence-corrected chi connectivity index (χ2v) is 3.37. The van der Waals surface area contributed by atoms with Gasteiger partial charge in [0, 0.05) is 0 Å². The van der Waals surface area contributed by atoms with Crippen LogP contribution in [0.3, 0.4) is 0 Å². The molecule has 0 unspecified atom stereocenters. The fourth-order valence-electron chi connectivity index (χ4n) is 1.33. The van der Waals surface area contributed by atoms with Crippen LogP contribution in [0.25, 0.3) is 0 Å². The van der Waals surface area contributed by atoms with Gasteiger partial charge in [-0.1, -0.05) is 24.1 Å². The Morgan fingerprint density at radius 3 is 2.50 bits per heavy atom. The highest BCUT2D eigenvalue weighted by atomic mass is 16.5. The van der Waals surface area contributed by atoms with Crippen LogP contribution in [0, 0.1) is 12.3 Å². The third-order valence-corrected chi connectivity index (χ3v) is 2.14. The number of allylic oxidation sites excluding steroid dienone is 1. The molecule has 4 heteroatoms. The number of carbonyl (C=O) groups excluding carboxylic acids is 1. The summed E-state index contributed by atoms with van der Waals surface area (Å²) in [6.45, 7) is 1.74. The summed E-state index contributed by atoms with van der Waals surface area (Å²) < 4.78 is 4.99. The normalized spacial score (nSPS) is 11.8. The Kier molecular flexibility index (Phi) is 4.70. The number of carboxylic acids is 1. The maximum atomic E-state index is 11.8. The summed E-state index contributed by atoms with van der Waals surface area (Å²) in [5.41, 5.74) is -0.131. The van der Waals surface area contributed by atoms with E-state index in [-0.39, 0.29) is 11.1 Å². The molecule has 0 aromatic heterocycles. The number of hydrogen-bond donors (Lipinski definition) is 1. The molecule has 0 aliphatic rings. The van der Waals surface area contributed by atoms with Crippen LogP contribution in [-0.2, 0) is 4.74 Å². The van der Waals surface area contributed by atoms with Crippen molar-refractivity contribution in [3.63, 3.8) is 0 Å². The zero-order valence-corrected chi connectivity index (χ0v) is 9.79. The fraction of sp³-hybridized carbons (Fsp3) is 0.143. The molecule has 1 aromatic carbocycles. The molecule has 0 aliphatic carbocycles. The number of hydrogen-bond acceptors (Lipinski definition) is 3. The summed E-state index contributed by atoms with van der Waals surface area (Å²) in [4.78, 5) is 22.7. The van der Waals surface area contributed by atoms with E-state index in [9.17, 15) is 9.59 Å². The molecule has 1 aromatic rings. The summed E-state index contributed by atoms with van der Waals surface area (Å²) in [5.74, 6) is 0.330. The SMILES string of the molecule is C#C[C@H](/C=C\C)OC(=O)c1ccccc1C(=O)O. The number of benzene rings is 1. The molecule has 0 heterocycles. The van der Waals surface area contributed by atoms with Crippen LogP contribution >= 0.6 is 0 Å². The van der Waals surface area contributed by atoms with Gasteiger partial charge >= 0.3 is 11.9 Å². The lowest BCUT2D eigenvalue weighted by molar-refractivity contribution is 0.0465. The minimum absolute atomic E-state index is 0.0187. The van der Waals surface area contributed by atoms with Gasteiger partial charge in [0.15, 0.2) is 6.10 Å². The summed E-state index contributed by atoms with van der Waals surface area (Å²) in [7, 11) is 0. The first-order chi connectivity index (χ1) is 8.60. The molecule has 18 heavy (non-hydrogen) atoms. The highest BCUT2D eigenvalue weighted by Gasteiger charge is 2.18. The van der Waals surface area contributed by atoms with Crippen LogP contribution in [0.4, 0.5) is 0 Å². The van der Waals surface area contributed by atoms with Gasteiger partial charge in [-0.05, 0) is 25.1 Å². The smallest absolute Gasteiger partial charge is 0.340 e. The van der Waals surface area contributed by atoms with Gasteiger partial charge in [0.25, 0.3) is 0 Å². The van der Waals surface area contributed by atoms with Crippen LogP contribution in [0.5, 0.6) is 0 Å². The van der Waals surface area contributed by atoms with Gasteiger partial charge in [-0.25, -0.2) is 9.59 Å². The Hall–Kier alpha value is -2.54. The van der Waals surface area contributed by atoms with Crippen molar-refractivity contribution >= 4 is 11.9 Å². The first-order valence-corrected chi connectivity index (χ1v) is 5.22. The lowest BCUT2D eigenvalue weighted by Crippen LogP contribution is -2.17. The molecule has 0 bridgehead atoms. The second kappa shape index (κ2) is 6.26. The zero-order chi connectivity index (χ0) is 13.5. The number of carbonyl (C=O) groups is 2. The van der Waals surface area contributed by atoms with Gasteiger partial charge in [-0.15, -0.1) is 6.42 Å². The van der Waals surface area contributed by atoms with E-state index in [1.165, 1.54) is 24.3 Å². The van der Waals surface area contributed by atoms with Crippen molar-refractivity contribution in [2.24, 2.45) is 0 Å². The Bertz CT molecular complexity index is 523. The summed E-state index contributed by atoms with van der Waals surface area (Å²) >= 11 is 0. The number of terminal acetylenes is 1.